The fourth-order valence-electron chi connectivity index (χ4n) is 12.1. The van der Waals surface area contributed by atoms with Crippen molar-refractivity contribution in [1.82, 2.24) is 5.32 Å². The largest absolute Gasteiger partial charge is 0.508 e. The number of aliphatic hydroxyl groups excluding tert-OH is 4. The Morgan fingerprint density at radius 2 is 1.04 bits per heavy atom. The monoisotopic (exact) mass is 1050 g/mol. The highest BCUT2D eigenvalue weighted by atomic mass is 16.4. The van der Waals surface area contributed by atoms with Crippen molar-refractivity contribution in [3.8, 4) is 34.5 Å². The van der Waals surface area contributed by atoms with Gasteiger partial charge >= 0.3 is 0 Å². The van der Waals surface area contributed by atoms with Crippen LogP contribution in [0.4, 0.5) is 5.69 Å². The number of hydrogen-bond donors (Lipinski definition) is 12. The fourth-order valence-corrected chi connectivity index (χ4v) is 12.1. The van der Waals surface area contributed by atoms with Crippen molar-refractivity contribution in [3.63, 3.8) is 0 Å². The molecule has 0 aliphatic heterocycles. The topological polar surface area (TPSA) is 354 Å². The van der Waals surface area contributed by atoms with Crippen molar-refractivity contribution in [1.29, 1.82) is 0 Å². The number of ketones is 4. The molecule has 78 heavy (non-hydrogen) atoms. The average molecular weight is 1050 g/mol. The van der Waals surface area contributed by atoms with Gasteiger partial charge in [0.25, 0.3) is 11.8 Å². The number of rotatable bonds is 7. The molecule has 2 fully saturated rings. The molecular formula is C60H52N4O14. The zero-order valence-corrected chi connectivity index (χ0v) is 41.5. The molecule has 11 rings (SSSR count). The highest BCUT2D eigenvalue weighted by Crippen LogP contribution is 2.54. The molecule has 0 bridgehead atoms. The van der Waals surface area contributed by atoms with Crippen molar-refractivity contribution in [2.45, 2.75) is 62.8 Å². The number of anilines is 1. The molecule has 6 aliphatic rings. The second-order valence-corrected chi connectivity index (χ2v) is 20.4. The number of nitrogens with one attached hydrogen (secondary N) is 1. The summed E-state index contributed by atoms with van der Waals surface area (Å²) in [6.07, 6.45) is -0.138. The van der Waals surface area contributed by atoms with Gasteiger partial charge in [-0.15, -0.1) is 0 Å². The summed E-state index contributed by atoms with van der Waals surface area (Å²) >= 11 is 0. The molecule has 0 unspecified atom stereocenters. The van der Waals surface area contributed by atoms with Crippen molar-refractivity contribution in [2.75, 3.05) is 5.73 Å². The molecule has 2 amide bonds. The van der Waals surface area contributed by atoms with Crippen LogP contribution in [0.15, 0.2) is 137 Å². The summed E-state index contributed by atoms with van der Waals surface area (Å²) in [6, 6.07) is 31.1. The van der Waals surface area contributed by atoms with Gasteiger partial charge in [0.05, 0.1) is 11.1 Å². The maximum absolute atomic E-state index is 13.7. The summed E-state index contributed by atoms with van der Waals surface area (Å²) in [7, 11) is 0. The third-order valence-corrected chi connectivity index (χ3v) is 15.9. The predicted octanol–water partition coefficient (Wildman–Crippen LogP) is 4.79. The molecule has 0 spiro atoms. The molecule has 0 aromatic heterocycles. The summed E-state index contributed by atoms with van der Waals surface area (Å²) in [5.74, 6) is -6.98. The lowest BCUT2D eigenvalue weighted by Gasteiger charge is -2.46. The van der Waals surface area contributed by atoms with Crippen molar-refractivity contribution >= 4 is 52.2 Å². The Morgan fingerprint density at radius 3 is 1.55 bits per heavy atom. The number of carbonyl (C=O) groups excluding carboxylic acids is 6. The minimum Gasteiger partial charge on any atom is -0.508 e. The Balaban J connectivity index is 0.000000179. The quantitative estimate of drug-likeness (QED) is 0.0592. The average Bonchev–Trinajstić information content (AvgIpc) is 3.59. The van der Waals surface area contributed by atoms with Crippen molar-refractivity contribution < 1.29 is 69.6 Å². The number of phenolic OH excluding ortho intramolecular Hbond substituents is 2. The molecule has 6 atom stereocenters. The first-order valence-corrected chi connectivity index (χ1v) is 25.0. The van der Waals surface area contributed by atoms with Gasteiger partial charge in [-0.25, -0.2) is 0 Å². The number of nitrogens with two attached hydrogens (primary N) is 3. The maximum atomic E-state index is 13.7. The molecule has 6 aliphatic carbocycles. The van der Waals surface area contributed by atoms with Crippen LogP contribution in [0.3, 0.4) is 0 Å². The van der Waals surface area contributed by atoms with E-state index in [0.717, 1.165) is 23.2 Å². The summed E-state index contributed by atoms with van der Waals surface area (Å²) in [5, 5.41) is 91.2. The van der Waals surface area contributed by atoms with Crippen LogP contribution >= 0.6 is 0 Å². The highest BCUT2D eigenvalue weighted by molar-refractivity contribution is 6.24. The summed E-state index contributed by atoms with van der Waals surface area (Å²) in [5.41, 5.74) is 16.0. The number of phenols is 2. The third kappa shape index (κ3) is 8.54. The molecule has 18 heteroatoms. The van der Waals surface area contributed by atoms with E-state index in [0.29, 0.717) is 34.5 Å². The van der Waals surface area contributed by atoms with E-state index in [1.54, 1.807) is 36.4 Å². The number of aliphatic hydroxyl groups is 6. The maximum Gasteiger partial charge on any atom is 0.255 e. The van der Waals surface area contributed by atoms with E-state index in [2.05, 4.69) is 29.3 Å². The normalized spacial score (nSPS) is 24.1. The lowest BCUT2D eigenvalue weighted by atomic mass is 9.59. The molecule has 396 valence electrons. The first kappa shape index (κ1) is 52.2. The molecule has 2 saturated carbocycles. The van der Waals surface area contributed by atoms with E-state index in [4.69, 9.17) is 17.2 Å². The summed E-state index contributed by atoms with van der Waals surface area (Å²) in [4.78, 5) is 75.8. The lowest BCUT2D eigenvalue weighted by Crippen LogP contribution is -2.58. The van der Waals surface area contributed by atoms with E-state index < -0.39 is 104 Å². The Kier molecular flexibility index (Phi) is 13.2. The number of amides is 2. The van der Waals surface area contributed by atoms with E-state index in [-0.39, 0.29) is 72.3 Å². The molecule has 5 aromatic rings. The van der Waals surface area contributed by atoms with Gasteiger partial charge in [0.1, 0.15) is 45.7 Å². The smallest absolute Gasteiger partial charge is 0.255 e. The van der Waals surface area contributed by atoms with Crippen LogP contribution in [0.25, 0.3) is 22.6 Å². The number of benzene rings is 5. The molecule has 15 N–H and O–H groups in total. The van der Waals surface area contributed by atoms with Crippen LogP contribution in [-0.4, -0.2) is 87.0 Å². The van der Waals surface area contributed by atoms with E-state index in [1.807, 2.05) is 42.5 Å². The lowest BCUT2D eigenvalue weighted by molar-refractivity contribution is -0.148. The van der Waals surface area contributed by atoms with Gasteiger partial charge in [0, 0.05) is 65.7 Å². The number of hydrogen-bond acceptors (Lipinski definition) is 16. The van der Waals surface area contributed by atoms with E-state index in [9.17, 15) is 69.6 Å². The van der Waals surface area contributed by atoms with Crippen molar-refractivity contribution in [2.24, 2.45) is 35.1 Å². The zero-order chi connectivity index (χ0) is 55.7. The van der Waals surface area contributed by atoms with E-state index >= 15 is 0 Å². The minimum absolute atomic E-state index is 0.00577. The summed E-state index contributed by atoms with van der Waals surface area (Å²) < 4.78 is 0. The van der Waals surface area contributed by atoms with Crippen LogP contribution in [0, 0.1) is 35.5 Å². The van der Waals surface area contributed by atoms with Crippen molar-refractivity contribution in [3.05, 3.63) is 181 Å². The van der Waals surface area contributed by atoms with E-state index in [1.165, 1.54) is 17.7 Å². The van der Waals surface area contributed by atoms with Gasteiger partial charge in [0.15, 0.2) is 22.8 Å². The van der Waals surface area contributed by atoms with Crippen LogP contribution < -0.4 is 22.5 Å². The number of Topliss-reactive ketones (excluding diaryl/α,β-unsaturated/α-hetero) is 4. The Bertz CT molecular complexity index is 3660. The molecule has 0 saturated heterocycles. The number of aromatic hydroxyl groups is 2. The SMILES string of the molecule is NC(=O)C1=C(O)[C@@]2(O)C(=O)C3=C(O)c4c(O)ccc(-c5ccc(CNCc6ccccc6)cc5)c4C[C@H]3C[C@H]2CC1=O.NC(=O)C1=C(O)[C@@]2(O)C(=O)C3=C(O)c4c(O)ccc(C#Cc5ccc(N)cc5)c4C[C@H]3C[C@H]2CC1=O. The summed E-state index contributed by atoms with van der Waals surface area (Å²) in [6.45, 7) is 1.41. The number of carbonyl (C=O) groups is 6. The first-order chi connectivity index (χ1) is 37.1. The predicted molar refractivity (Wildman–Crippen MR) is 282 cm³/mol. The Hall–Kier alpha value is -9.28. The van der Waals surface area contributed by atoms with Gasteiger partial charge in [0.2, 0.25) is 11.6 Å². The van der Waals surface area contributed by atoms with Crippen LogP contribution in [-0.2, 0) is 54.7 Å². The second kappa shape index (κ2) is 19.7. The Morgan fingerprint density at radius 1 is 0.564 bits per heavy atom. The number of primary amides is 2. The standard InChI is InChI=1S/C33H30N2O7.C27H22N2O7/c34-32(41)28-25(37)14-21-12-20-13-23-22(19-8-6-18(7-9-19)16-35-15-17-4-2-1-3-5-17)10-11-24(36)27(23)29(38)26(20)30(39)33(21,42)31(28)40;28-16-6-2-12(3-7-16)1-4-13-5-8-18(30)21-17(13)10-14-9-15-11-19(31)22(26(29)35)25(34)27(15,36)24(33)20(14)23(21)32/h1-11,20-21,35-36,38,40,42H,12-16H2,(H2,34,41);2-3,5-8,14-15,30,32,34,36H,9-11,28H2,(H2,29,35)/t20-,21+,33+;14-,15+,27+/m11/s1. The minimum atomic E-state index is -2.59. The first-order valence-electron chi connectivity index (χ1n) is 25.0. The van der Waals surface area contributed by atoms with Gasteiger partial charge < -0.3 is 63.4 Å². The zero-order valence-electron chi connectivity index (χ0n) is 41.5. The van der Waals surface area contributed by atoms with Crippen LogP contribution in [0.1, 0.15) is 70.2 Å². The second-order valence-electron chi connectivity index (χ2n) is 20.4. The number of nitrogen functional groups attached to an aromatic ring is 1. The van der Waals surface area contributed by atoms with Gasteiger partial charge in [-0.2, -0.15) is 0 Å². The highest BCUT2D eigenvalue weighted by Gasteiger charge is 2.62. The Labute approximate surface area is 445 Å². The van der Waals surface area contributed by atoms with Gasteiger partial charge in [-0.3, -0.25) is 28.8 Å². The van der Waals surface area contributed by atoms with Gasteiger partial charge in [-0.05, 0) is 113 Å². The number of fused-ring (bicyclic) bond motifs is 6. The molecule has 0 radical (unpaired) electrons. The van der Waals surface area contributed by atoms with Crippen LogP contribution in [0.5, 0.6) is 11.5 Å². The van der Waals surface area contributed by atoms with Gasteiger partial charge in [-0.1, -0.05) is 72.5 Å². The van der Waals surface area contributed by atoms with Crippen LogP contribution in [0.2, 0.25) is 0 Å². The molecule has 18 nitrogen and oxygen atoms in total. The molecule has 5 aromatic carbocycles. The molecule has 0 heterocycles. The fraction of sp³-hybridized carbons (Fsp3) is 0.233. The third-order valence-electron chi connectivity index (χ3n) is 15.9. The molecular weight excluding hydrogens is 1000 g/mol.